The van der Waals surface area contributed by atoms with Gasteiger partial charge in [-0.1, -0.05) is 33.3 Å². The minimum Gasteiger partial charge on any atom is -0.496 e. The molecule has 0 unspecified atom stereocenters. The number of anilines is 1. The number of piperidine rings is 1. The Labute approximate surface area is 189 Å². The van der Waals surface area contributed by atoms with E-state index in [0.717, 1.165) is 52.4 Å². The molecule has 1 aliphatic heterocycles. The zero-order valence-electron chi connectivity index (χ0n) is 17.5. The van der Waals surface area contributed by atoms with E-state index in [1.165, 1.54) is 15.8 Å². The molecule has 1 saturated heterocycles. The van der Waals surface area contributed by atoms with Crippen LogP contribution in [-0.2, 0) is 11.3 Å². The summed E-state index contributed by atoms with van der Waals surface area (Å²) < 4.78 is 7.61. The quantitative estimate of drug-likeness (QED) is 0.535. The molecular formula is C23H26BrN3O2S. The van der Waals surface area contributed by atoms with Crippen molar-refractivity contribution in [1.82, 2.24) is 10.3 Å². The van der Waals surface area contributed by atoms with E-state index in [4.69, 9.17) is 9.72 Å². The molecule has 1 aliphatic rings. The fourth-order valence-corrected chi connectivity index (χ4v) is 5.64. The Morgan fingerprint density at radius 2 is 2.03 bits per heavy atom. The standard InChI is InChI=1S/C23H26BrN3O2S/c1-14-10-15(2)21-20(11-14)30-23(26-21)27-8-6-16(7-9-27)22(28)25-13-17-12-18(24)4-5-19(17)29-3/h4-5,10-12,16H,6-9,13H2,1-3H3,(H,25,28). The molecule has 1 fully saturated rings. The van der Waals surface area contributed by atoms with Gasteiger partial charge in [0.25, 0.3) is 0 Å². The minimum atomic E-state index is 0.0396. The lowest BCUT2D eigenvalue weighted by Crippen LogP contribution is -2.40. The van der Waals surface area contributed by atoms with Gasteiger partial charge in [-0.15, -0.1) is 0 Å². The SMILES string of the molecule is COc1ccc(Br)cc1CNC(=O)C1CCN(c2nc3c(C)cc(C)cc3s2)CC1. The van der Waals surface area contributed by atoms with E-state index in [1.807, 2.05) is 18.2 Å². The molecule has 0 radical (unpaired) electrons. The number of ether oxygens (including phenoxy) is 1. The second-order valence-electron chi connectivity index (χ2n) is 7.86. The van der Waals surface area contributed by atoms with Crippen LogP contribution in [0.15, 0.2) is 34.8 Å². The molecule has 0 atom stereocenters. The summed E-state index contributed by atoms with van der Waals surface area (Å²) in [6, 6.07) is 10.2. The maximum atomic E-state index is 12.7. The van der Waals surface area contributed by atoms with Crippen LogP contribution in [0.5, 0.6) is 5.75 Å². The van der Waals surface area contributed by atoms with Crippen LogP contribution in [-0.4, -0.2) is 31.1 Å². The van der Waals surface area contributed by atoms with Gasteiger partial charge in [0.1, 0.15) is 5.75 Å². The van der Waals surface area contributed by atoms with E-state index < -0.39 is 0 Å². The molecular weight excluding hydrogens is 462 g/mol. The van der Waals surface area contributed by atoms with Gasteiger partial charge >= 0.3 is 0 Å². The lowest BCUT2D eigenvalue weighted by atomic mass is 9.96. The number of aryl methyl sites for hydroxylation is 2. The summed E-state index contributed by atoms with van der Waals surface area (Å²) in [6.45, 7) is 6.43. The van der Waals surface area contributed by atoms with Gasteiger partial charge in [0.05, 0.1) is 17.3 Å². The fourth-order valence-electron chi connectivity index (χ4n) is 4.04. The number of carbonyl (C=O) groups excluding carboxylic acids is 1. The van der Waals surface area contributed by atoms with Crippen molar-refractivity contribution in [2.45, 2.75) is 33.2 Å². The van der Waals surface area contributed by atoms with Crippen LogP contribution in [0.2, 0.25) is 0 Å². The number of methoxy groups -OCH3 is 1. The number of halogens is 1. The Morgan fingerprint density at radius 1 is 1.27 bits per heavy atom. The van der Waals surface area contributed by atoms with E-state index in [9.17, 15) is 4.79 Å². The number of hydrogen-bond donors (Lipinski definition) is 1. The fraction of sp³-hybridized carbons (Fsp3) is 0.391. The van der Waals surface area contributed by atoms with Crippen LogP contribution < -0.4 is 15.0 Å². The molecule has 2 heterocycles. The molecule has 0 bridgehead atoms. The highest BCUT2D eigenvalue weighted by molar-refractivity contribution is 9.10. The molecule has 0 aliphatic carbocycles. The highest BCUT2D eigenvalue weighted by atomic mass is 79.9. The van der Waals surface area contributed by atoms with Crippen LogP contribution in [0, 0.1) is 19.8 Å². The number of fused-ring (bicyclic) bond motifs is 1. The van der Waals surface area contributed by atoms with Gasteiger partial charge < -0.3 is 15.0 Å². The van der Waals surface area contributed by atoms with Crippen molar-refractivity contribution in [1.29, 1.82) is 0 Å². The van der Waals surface area contributed by atoms with Gasteiger partial charge in [0.15, 0.2) is 5.13 Å². The topological polar surface area (TPSA) is 54.5 Å². The van der Waals surface area contributed by atoms with Gasteiger partial charge in [0.2, 0.25) is 5.91 Å². The Kier molecular flexibility index (Phi) is 6.29. The maximum Gasteiger partial charge on any atom is 0.223 e. The highest BCUT2D eigenvalue weighted by Crippen LogP contribution is 2.33. The van der Waals surface area contributed by atoms with Crippen molar-refractivity contribution < 1.29 is 9.53 Å². The summed E-state index contributed by atoms with van der Waals surface area (Å²) in [5.41, 5.74) is 4.57. The summed E-state index contributed by atoms with van der Waals surface area (Å²) in [5.74, 6) is 0.944. The zero-order chi connectivity index (χ0) is 21.3. The number of aromatic nitrogens is 1. The van der Waals surface area contributed by atoms with Gasteiger partial charge in [-0.05, 0) is 62.1 Å². The Balaban J connectivity index is 1.36. The Morgan fingerprint density at radius 3 is 2.77 bits per heavy atom. The van der Waals surface area contributed by atoms with Crippen molar-refractivity contribution in [3.05, 3.63) is 51.5 Å². The van der Waals surface area contributed by atoms with E-state index in [-0.39, 0.29) is 11.8 Å². The minimum absolute atomic E-state index is 0.0396. The first-order valence-corrected chi connectivity index (χ1v) is 11.8. The summed E-state index contributed by atoms with van der Waals surface area (Å²) in [4.78, 5) is 19.9. The summed E-state index contributed by atoms with van der Waals surface area (Å²) >= 11 is 5.23. The van der Waals surface area contributed by atoms with Crippen molar-refractivity contribution in [3.63, 3.8) is 0 Å². The molecule has 0 spiro atoms. The molecule has 0 saturated carbocycles. The smallest absolute Gasteiger partial charge is 0.223 e. The van der Waals surface area contributed by atoms with Gasteiger partial charge in [-0.3, -0.25) is 4.79 Å². The highest BCUT2D eigenvalue weighted by Gasteiger charge is 2.26. The predicted octanol–water partition coefficient (Wildman–Crippen LogP) is 5.22. The lowest BCUT2D eigenvalue weighted by molar-refractivity contribution is -0.125. The molecule has 2 aromatic carbocycles. The van der Waals surface area contributed by atoms with E-state index in [0.29, 0.717) is 6.54 Å². The second-order valence-corrected chi connectivity index (χ2v) is 9.79. The molecule has 7 heteroatoms. The van der Waals surface area contributed by atoms with Crippen LogP contribution in [0.1, 0.15) is 29.5 Å². The van der Waals surface area contributed by atoms with E-state index in [2.05, 4.69) is 52.1 Å². The molecule has 1 aromatic heterocycles. The third-order valence-corrected chi connectivity index (χ3v) is 7.21. The van der Waals surface area contributed by atoms with Crippen LogP contribution >= 0.6 is 27.3 Å². The lowest BCUT2D eigenvalue weighted by Gasteiger charge is -2.31. The number of benzene rings is 2. The molecule has 158 valence electrons. The number of carbonyl (C=O) groups is 1. The average molecular weight is 488 g/mol. The molecule has 4 rings (SSSR count). The zero-order valence-corrected chi connectivity index (χ0v) is 19.9. The number of thiazole rings is 1. The van der Waals surface area contributed by atoms with Gasteiger partial charge in [-0.2, -0.15) is 0 Å². The van der Waals surface area contributed by atoms with Crippen LogP contribution in [0.4, 0.5) is 5.13 Å². The molecule has 3 aromatic rings. The molecule has 1 amide bonds. The third kappa shape index (κ3) is 4.47. The maximum absolute atomic E-state index is 12.7. The number of nitrogens with one attached hydrogen (secondary N) is 1. The number of amides is 1. The first-order chi connectivity index (χ1) is 14.4. The predicted molar refractivity (Wildman–Crippen MR) is 127 cm³/mol. The van der Waals surface area contributed by atoms with Gasteiger partial charge in [-0.25, -0.2) is 4.98 Å². The average Bonchev–Trinajstić information content (AvgIpc) is 3.16. The first-order valence-electron chi connectivity index (χ1n) is 10.2. The summed E-state index contributed by atoms with van der Waals surface area (Å²) in [5, 5.41) is 4.16. The molecule has 5 nitrogen and oxygen atoms in total. The number of rotatable bonds is 5. The van der Waals surface area contributed by atoms with Crippen molar-refractivity contribution in [3.8, 4) is 5.75 Å². The Bertz CT molecular complexity index is 1070. The van der Waals surface area contributed by atoms with Crippen LogP contribution in [0.3, 0.4) is 0 Å². The Hall–Kier alpha value is -2.12. The van der Waals surface area contributed by atoms with Crippen molar-refractivity contribution in [2.24, 2.45) is 5.92 Å². The second kappa shape index (κ2) is 8.94. The van der Waals surface area contributed by atoms with Crippen LogP contribution in [0.25, 0.3) is 10.2 Å². The van der Waals surface area contributed by atoms with E-state index >= 15 is 0 Å². The van der Waals surface area contributed by atoms with Crippen molar-refractivity contribution >= 4 is 48.5 Å². The molecule has 30 heavy (non-hydrogen) atoms. The normalized spacial score (nSPS) is 14.9. The first kappa shape index (κ1) is 21.1. The van der Waals surface area contributed by atoms with Gasteiger partial charge in [0, 0.05) is 35.6 Å². The largest absolute Gasteiger partial charge is 0.496 e. The summed E-state index contributed by atoms with van der Waals surface area (Å²) in [7, 11) is 1.65. The molecule has 1 N–H and O–H groups in total. The van der Waals surface area contributed by atoms with Crippen molar-refractivity contribution in [2.75, 3.05) is 25.1 Å². The van der Waals surface area contributed by atoms with E-state index in [1.54, 1.807) is 18.4 Å². The monoisotopic (exact) mass is 487 g/mol. The third-order valence-electron chi connectivity index (χ3n) is 5.65. The number of hydrogen-bond acceptors (Lipinski definition) is 5. The number of nitrogens with zero attached hydrogens (tertiary/aromatic N) is 2. The summed E-state index contributed by atoms with van der Waals surface area (Å²) in [6.07, 6.45) is 1.69.